The monoisotopic (exact) mass is 448 g/mol. The molecule has 0 unspecified atom stereocenters. The first-order valence-electron chi connectivity index (χ1n) is 10.1. The van der Waals surface area contributed by atoms with Crippen LogP contribution in [0.3, 0.4) is 0 Å². The van der Waals surface area contributed by atoms with Crippen LogP contribution in [0.1, 0.15) is 22.5 Å². The van der Waals surface area contributed by atoms with Crippen molar-refractivity contribution >= 4 is 39.7 Å². The summed E-state index contributed by atoms with van der Waals surface area (Å²) in [5, 5.41) is 12.4. The minimum absolute atomic E-state index is 0.373. The smallest absolute Gasteiger partial charge is 0.336 e. The van der Waals surface area contributed by atoms with E-state index in [0.717, 1.165) is 45.0 Å². The highest BCUT2D eigenvalue weighted by Gasteiger charge is 2.14. The van der Waals surface area contributed by atoms with Gasteiger partial charge in [-0.05, 0) is 68.4 Å². The molecule has 0 saturated heterocycles. The summed E-state index contributed by atoms with van der Waals surface area (Å²) in [6.07, 6.45) is 0. The Labute approximate surface area is 191 Å². The van der Waals surface area contributed by atoms with Crippen LogP contribution in [0.2, 0.25) is 0 Å². The molecule has 2 aromatic heterocycles. The Morgan fingerprint density at radius 3 is 2.72 bits per heavy atom. The molecule has 0 amide bonds. The first-order valence-corrected chi connectivity index (χ1v) is 10.5. The SMILES string of the molecule is COc1cccc(Cn2nc(C)c(NC(=S)Nc3ccc4c(C)cc(=O)oc4c3)c2C)c1. The van der Waals surface area contributed by atoms with Gasteiger partial charge in [0.25, 0.3) is 0 Å². The average molecular weight is 449 g/mol. The van der Waals surface area contributed by atoms with Gasteiger partial charge in [-0.1, -0.05) is 12.1 Å². The number of aromatic nitrogens is 2. The Balaban J connectivity index is 1.51. The van der Waals surface area contributed by atoms with E-state index in [0.29, 0.717) is 17.2 Å². The molecule has 32 heavy (non-hydrogen) atoms. The van der Waals surface area contributed by atoms with E-state index in [1.165, 1.54) is 6.07 Å². The number of hydrogen-bond acceptors (Lipinski definition) is 5. The highest BCUT2D eigenvalue weighted by atomic mass is 32.1. The fourth-order valence-corrected chi connectivity index (χ4v) is 3.87. The van der Waals surface area contributed by atoms with Gasteiger partial charge >= 0.3 is 5.63 Å². The fourth-order valence-electron chi connectivity index (χ4n) is 3.65. The van der Waals surface area contributed by atoms with Crippen molar-refractivity contribution in [2.75, 3.05) is 17.7 Å². The van der Waals surface area contributed by atoms with Crippen LogP contribution in [0.25, 0.3) is 11.0 Å². The van der Waals surface area contributed by atoms with Crippen LogP contribution < -0.4 is 21.0 Å². The average Bonchev–Trinajstić information content (AvgIpc) is 3.00. The van der Waals surface area contributed by atoms with Crippen molar-refractivity contribution in [2.24, 2.45) is 0 Å². The van der Waals surface area contributed by atoms with Gasteiger partial charge < -0.3 is 19.8 Å². The standard InChI is InChI=1S/C24H24N4O3S/c1-14-10-22(29)31-21-12-18(8-9-20(14)21)25-24(32)26-23-15(2)27-28(16(23)3)13-17-6-5-7-19(11-17)30-4/h5-12H,13H2,1-4H3,(H2,25,26,32). The van der Waals surface area contributed by atoms with Crippen molar-refractivity contribution < 1.29 is 9.15 Å². The van der Waals surface area contributed by atoms with Crippen LogP contribution in [-0.4, -0.2) is 22.0 Å². The van der Waals surface area contributed by atoms with Crippen LogP contribution >= 0.6 is 12.2 Å². The lowest BCUT2D eigenvalue weighted by atomic mass is 10.1. The molecule has 2 N–H and O–H groups in total. The van der Waals surface area contributed by atoms with Gasteiger partial charge in [0.15, 0.2) is 5.11 Å². The zero-order valence-electron chi connectivity index (χ0n) is 18.4. The molecule has 2 aromatic carbocycles. The number of aryl methyl sites for hydroxylation is 2. The summed E-state index contributed by atoms with van der Waals surface area (Å²) in [7, 11) is 1.66. The van der Waals surface area contributed by atoms with E-state index in [4.69, 9.17) is 21.4 Å². The molecule has 0 radical (unpaired) electrons. The van der Waals surface area contributed by atoms with Crippen molar-refractivity contribution in [2.45, 2.75) is 27.3 Å². The number of nitrogens with one attached hydrogen (secondary N) is 2. The molecule has 0 saturated carbocycles. The number of thiocarbonyl (C=S) groups is 1. The normalized spacial score (nSPS) is 10.9. The Morgan fingerprint density at radius 2 is 1.94 bits per heavy atom. The van der Waals surface area contributed by atoms with Crippen LogP contribution in [-0.2, 0) is 6.54 Å². The first-order chi connectivity index (χ1) is 15.3. The van der Waals surface area contributed by atoms with Crippen LogP contribution in [0, 0.1) is 20.8 Å². The third-order valence-electron chi connectivity index (χ3n) is 5.30. The molecule has 8 heteroatoms. The minimum atomic E-state index is -0.373. The van der Waals surface area contributed by atoms with E-state index in [-0.39, 0.29) is 5.63 Å². The second kappa shape index (κ2) is 8.84. The molecule has 0 aliphatic heterocycles. The molecule has 4 aromatic rings. The third-order valence-corrected chi connectivity index (χ3v) is 5.50. The first kappa shape index (κ1) is 21.6. The number of methoxy groups -OCH3 is 1. The molecular weight excluding hydrogens is 424 g/mol. The van der Waals surface area contributed by atoms with Crippen LogP contribution in [0.5, 0.6) is 5.75 Å². The number of rotatable bonds is 5. The summed E-state index contributed by atoms with van der Waals surface area (Å²) in [6.45, 7) is 6.44. The van der Waals surface area contributed by atoms with Gasteiger partial charge in [-0.3, -0.25) is 4.68 Å². The number of nitrogens with zero attached hydrogens (tertiary/aromatic N) is 2. The molecule has 4 rings (SSSR count). The summed E-state index contributed by atoms with van der Waals surface area (Å²) in [6, 6.07) is 15.0. The number of fused-ring (bicyclic) bond motifs is 1. The van der Waals surface area contributed by atoms with E-state index >= 15 is 0 Å². The zero-order valence-corrected chi connectivity index (χ0v) is 19.2. The van der Waals surface area contributed by atoms with Gasteiger partial charge in [0.05, 0.1) is 30.7 Å². The van der Waals surface area contributed by atoms with Crippen molar-refractivity contribution in [1.29, 1.82) is 0 Å². The summed E-state index contributed by atoms with van der Waals surface area (Å²) >= 11 is 5.52. The van der Waals surface area contributed by atoms with Gasteiger partial charge in [0.1, 0.15) is 11.3 Å². The van der Waals surface area contributed by atoms with Gasteiger partial charge in [-0.25, -0.2) is 4.79 Å². The topological polar surface area (TPSA) is 81.3 Å². The molecule has 0 atom stereocenters. The molecular formula is C24H24N4O3S. The maximum absolute atomic E-state index is 11.7. The Hall–Kier alpha value is -3.65. The largest absolute Gasteiger partial charge is 0.497 e. The molecule has 0 fully saturated rings. The molecule has 0 aliphatic rings. The quantitative estimate of drug-likeness (QED) is 0.336. The second-order valence-electron chi connectivity index (χ2n) is 7.59. The summed E-state index contributed by atoms with van der Waals surface area (Å²) < 4.78 is 12.6. The Kier molecular flexibility index (Phi) is 5.96. The Morgan fingerprint density at radius 1 is 1.12 bits per heavy atom. The van der Waals surface area contributed by atoms with Gasteiger partial charge in [-0.2, -0.15) is 5.10 Å². The molecule has 0 spiro atoms. The fraction of sp³-hybridized carbons (Fsp3) is 0.208. The van der Waals surface area contributed by atoms with E-state index < -0.39 is 0 Å². The Bertz CT molecular complexity index is 1370. The molecule has 164 valence electrons. The van der Waals surface area contributed by atoms with Crippen LogP contribution in [0.15, 0.2) is 57.7 Å². The maximum atomic E-state index is 11.7. The second-order valence-corrected chi connectivity index (χ2v) is 8.00. The highest BCUT2D eigenvalue weighted by molar-refractivity contribution is 7.80. The van der Waals surface area contributed by atoms with Crippen molar-refractivity contribution in [1.82, 2.24) is 9.78 Å². The number of hydrogen-bond donors (Lipinski definition) is 2. The minimum Gasteiger partial charge on any atom is -0.497 e. The summed E-state index contributed by atoms with van der Waals surface area (Å²) in [5.41, 5.74) is 5.50. The number of benzene rings is 2. The van der Waals surface area contributed by atoms with Crippen LogP contribution in [0.4, 0.5) is 11.4 Å². The number of ether oxygens (including phenoxy) is 1. The van der Waals surface area contributed by atoms with Crippen molar-refractivity contribution in [3.63, 3.8) is 0 Å². The predicted octanol–water partition coefficient (Wildman–Crippen LogP) is 4.78. The lowest BCUT2D eigenvalue weighted by Gasteiger charge is -2.12. The van der Waals surface area contributed by atoms with E-state index in [1.807, 2.05) is 61.9 Å². The summed E-state index contributed by atoms with van der Waals surface area (Å²) in [5.74, 6) is 0.814. The third kappa shape index (κ3) is 4.50. The highest BCUT2D eigenvalue weighted by Crippen LogP contribution is 2.24. The van der Waals surface area contributed by atoms with E-state index in [9.17, 15) is 4.79 Å². The number of anilines is 2. The van der Waals surface area contributed by atoms with Gasteiger partial charge in [0, 0.05) is 23.2 Å². The molecule has 0 aliphatic carbocycles. The van der Waals surface area contributed by atoms with Gasteiger partial charge in [0.2, 0.25) is 0 Å². The van der Waals surface area contributed by atoms with E-state index in [2.05, 4.69) is 15.7 Å². The zero-order chi connectivity index (χ0) is 22.8. The van der Waals surface area contributed by atoms with E-state index in [1.54, 1.807) is 13.2 Å². The predicted molar refractivity (Wildman–Crippen MR) is 131 cm³/mol. The summed E-state index contributed by atoms with van der Waals surface area (Å²) in [4.78, 5) is 11.7. The maximum Gasteiger partial charge on any atom is 0.336 e. The molecule has 2 heterocycles. The van der Waals surface area contributed by atoms with Crippen molar-refractivity contribution in [3.8, 4) is 5.75 Å². The van der Waals surface area contributed by atoms with Crippen molar-refractivity contribution in [3.05, 3.63) is 81.5 Å². The lowest BCUT2D eigenvalue weighted by molar-refractivity contribution is 0.414. The molecule has 0 bridgehead atoms. The molecule has 7 nitrogen and oxygen atoms in total. The lowest BCUT2D eigenvalue weighted by Crippen LogP contribution is -2.20. The van der Waals surface area contributed by atoms with Gasteiger partial charge in [-0.15, -0.1) is 0 Å².